The number of aryl methyl sites for hydroxylation is 1. The molecule has 5 heteroatoms. The van der Waals surface area contributed by atoms with Crippen molar-refractivity contribution in [2.24, 2.45) is 0 Å². The Kier molecular flexibility index (Phi) is 5.66. The number of amides is 1. The number of benzene rings is 2. The average Bonchev–Trinajstić information content (AvgIpc) is 2.63. The maximum atomic E-state index is 12.9. The molecule has 0 bridgehead atoms. The lowest BCUT2D eigenvalue weighted by atomic mass is 10.2. The Hall–Kier alpha value is -2.40. The van der Waals surface area contributed by atoms with Gasteiger partial charge in [-0.3, -0.25) is 9.69 Å². The van der Waals surface area contributed by atoms with Gasteiger partial charge in [0.25, 0.3) is 5.91 Å². The molecule has 0 aromatic heterocycles. The summed E-state index contributed by atoms with van der Waals surface area (Å²) in [5.74, 6) is -0.485. The van der Waals surface area contributed by atoms with Crippen molar-refractivity contribution in [1.29, 1.82) is 0 Å². The number of rotatable bonds is 5. The maximum absolute atomic E-state index is 12.9. The number of nitrogens with zero attached hydrogens (tertiary/aromatic N) is 2. The van der Waals surface area contributed by atoms with Crippen molar-refractivity contribution in [3.63, 3.8) is 0 Å². The van der Waals surface area contributed by atoms with E-state index in [0.29, 0.717) is 12.1 Å². The van der Waals surface area contributed by atoms with Crippen molar-refractivity contribution in [2.45, 2.75) is 6.92 Å². The van der Waals surface area contributed by atoms with E-state index in [0.717, 1.165) is 32.7 Å². The molecular weight excluding hydrogens is 317 g/mol. The number of halogens is 1. The molecule has 0 aliphatic carbocycles. The summed E-state index contributed by atoms with van der Waals surface area (Å²) in [7, 11) is 0. The lowest BCUT2D eigenvalue weighted by Crippen LogP contribution is -2.48. The first-order valence-electron chi connectivity index (χ1n) is 8.69. The summed E-state index contributed by atoms with van der Waals surface area (Å²) in [6.07, 6.45) is 0. The molecule has 0 radical (unpaired) electrons. The standard InChI is InChI=1S/C20H24FN3O/c1-16-3-2-4-19(15-16)24-13-11-23(12-14-24)10-9-22-20(25)17-5-7-18(21)8-6-17/h2-8,15H,9-14H2,1H3,(H,22,25). The second kappa shape index (κ2) is 8.12. The molecular formula is C20H24FN3O. The van der Waals surface area contributed by atoms with Crippen molar-refractivity contribution in [3.05, 3.63) is 65.5 Å². The van der Waals surface area contributed by atoms with Crippen LogP contribution in [0.4, 0.5) is 10.1 Å². The fourth-order valence-corrected chi connectivity index (χ4v) is 3.09. The second-order valence-electron chi connectivity index (χ2n) is 6.43. The summed E-state index contributed by atoms with van der Waals surface area (Å²) in [6.45, 7) is 7.50. The van der Waals surface area contributed by atoms with Crippen LogP contribution in [0.1, 0.15) is 15.9 Å². The molecule has 3 rings (SSSR count). The van der Waals surface area contributed by atoms with E-state index in [2.05, 4.69) is 46.3 Å². The quantitative estimate of drug-likeness (QED) is 0.908. The molecule has 1 heterocycles. The molecule has 0 unspecified atom stereocenters. The molecule has 1 aliphatic heterocycles. The zero-order chi connectivity index (χ0) is 17.6. The minimum atomic E-state index is -0.331. The van der Waals surface area contributed by atoms with E-state index in [1.165, 1.54) is 35.5 Å². The van der Waals surface area contributed by atoms with Crippen LogP contribution >= 0.6 is 0 Å². The number of anilines is 1. The predicted octanol–water partition coefficient (Wildman–Crippen LogP) is 2.69. The van der Waals surface area contributed by atoms with E-state index >= 15 is 0 Å². The smallest absolute Gasteiger partial charge is 0.251 e. The number of nitrogens with one attached hydrogen (secondary N) is 1. The number of piperazine rings is 1. The van der Waals surface area contributed by atoms with Crippen LogP contribution in [0.2, 0.25) is 0 Å². The molecule has 1 fully saturated rings. The zero-order valence-electron chi connectivity index (χ0n) is 14.5. The van der Waals surface area contributed by atoms with Crippen molar-refractivity contribution in [3.8, 4) is 0 Å². The minimum Gasteiger partial charge on any atom is -0.369 e. The van der Waals surface area contributed by atoms with Crippen LogP contribution in [0.5, 0.6) is 0 Å². The van der Waals surface area contributed by atoms with Gasteiger partial charge in [-0.2, -0.15) is 0 Å². The van der Waals surface area contributed by atoms with Crippen LogP contribution in [0, 0.1) is 12.7 Å². The van der Waals surface area contributed by atoms with E-state index in [4.69, 9.17) is 0 Å². The van der Waals surface area contributed by atoms with Crippen LogP contribution in [0.25, 0.3) is 0 Å². The largest absolute Gasteiger partial charge is 0.369 e. The van der Waals surface area contributed by atoms with E-state index in [1.807, 2.05) is 0 Å². The Morgan fingerprint density at radius 3 is 2.48 bits per heavy atom. The summed E-state index contributed by atoms with van der Waals surface area (Å²) < 4.78 is 12.9. The first-order chi connectivity index (χ1) is 12.1. The molecule has 0 saturated carbocycles. The van der Waals surface area contributed by atoms with Gasteiger partial charge in [-0.25, -0.2) is 4.39 Å². The van der Waals surface area contributed by atoms with Gasteiger partial charge >= 0.3 is 0 Å². The van der Waals surface area contributed by atoms with Crippen molar-refractivity contribution in [1.82, 2.24) is 10.2 Å². The average molecular weight is 341 g/mol. The molecule has 1 amide bonds. The van der Waals surface area contributed by atoms with Crippen LogP contribution in [0.15, 0.2) is 48.5 Å². The van der Waals surface area contributed by atoms with Gasteiger partial charge in [0.15, 0.2) is 0 Å². The Balaban J connectivity index is 1.40. The molecule has 0 atom stereocenters. The summed E-state index contributed by atoms with van der Waals surface area (Å²) in [6, 6.07) is 14.2. The second-order valence-corrected chi connectivity index (χ2v) is 6.43. The summed E-state index contributed by atoms with van der Waals surface area (Å²) in [5.41, 5.74) is 3.05. The van der Waals surface area contributed by atoms with E-state index in [9.17, 15) is 9.18 Å². The number of carbonyl (C=O) groups excluding carboxylic acids is 1. The van der Waals surface area contributed by atoms with Gasteiger partial charge in [0, 0.05) is 50.5 Å². The number of hydrogen-bond donors (Lipinski definition) is 1. The van der Waals surface area contributed by atoms with E-state index in [-0.39, 0.29) is 11.7 Å². The van der Waals surface area contributed by atoms with E-state index in [1.54, 1.807) is 0 Å². The molecule has 1 aliphatic rings. The monoisotopic (exact) mass is 341 g/mol. The lowest BCUT2D eigenvalue weighted by molar-refractivity contribution is 0.0947. The van der Waals surface area contributed by atoms with Gasteiger partial charge in [-0.1, -0.05) is 12.1 Å². The highest BCUT2D eigenvalue weighted by Gasteiger charge is 2.17. The predicted molar refractivity (Wildman–Crippen MR) is 98.6 cm³/mol. The first-order valence-corrected chi connectivity index (χ1v) is 8.69. The molecule has 2 aromatic carbocycles. The minimum absolute atomic E-state index is 0.154. The summed E-state index contributed by atoms with van der Waals surface area (Å²) in [4.78, 5) is 16.8. The normalized spacial score (nSPS) is 15.2. The number of carbonyl (C=O) groups is 1. The fourth-order valence-electron chi connectivity index (χ4n) is 3.09. The highest BCUT2D eigenvalue weighted by molar-refractivity contribution is 5.94. The SMILES string of the molecule is Cc1cccc(N2CCN(CCNC(=O)c3ccc(F)cc3)CC2)c1. The topological polar surface area (TPSA) is 35.6 Å². The fraction of sp³-hybridized carbons (Fsp3) is 0.350. The van der Waals surface area contributed by atoms with Gasteiger partial charge in [-0.15, -0.1) is 0 Å². The molecule has 1 saturated heterocycles. The van der Waals surface area contributed by atoms with Crippen molar-refractivity contribution in [2.75, 3.05) is 44.2 Å². The first kappa shape index (κ1) is 17.4. The van der Waals surface area contributed by atoms with E-state index < -0.39 is 0 Å². The third kappa shape index (κ3) is 4.79. The van der Waals surface area contributed by atoms with Crippen LogP contribution in [-0.4, -0.2) is 50.1 Å². The third-order valence-electron chi connectivity index (χ3n) is 4.56. The molecule has 4 nitrogen and oxygen atoms in total. The van der Waals surface area contributed by atoms with Gasteiger partial charge < -0.3 is 10.2 Å². The lowest BCUT2D eigenvalue weighted by Gasteiger charge is -2.36. The molecule has 0 spiro atoms. The molecule has 132 valence electrons. The van der Waals surface area contributed by atoms with Crippen molar-refractivity contribution >= 4 is 11.6 Å². The highest BCUT2D eigenvalue weighted by atomic mass is 19.1. The highest BCUT2D eigenvalue weighted by Crippen LogP contribution is 2.17. The molecule has 2 aromatic rings. The van der Waals surface area contributed by atoms with Crippen LogP contribution in [0.3, 0.4) is 0 Å². The summed E-state index contributed by atoms with van der Waals surface area (Å²) >= 11 is 0. The van der Waals surface area contributed by atoms with Crippen LogP contribution < -0.4 is 10.2 Å². The Morgan fingerprint density at radius 1 is 1.08 bits per heavy atom. The van der Waals surface area contributed by atoms with Gasteiger partial charge in [0.1, 0.15) is 5.82 Å². The maximum Gasteiger partial charge on any atom is 0.251 e. The van der Waals surface area contributed by atoms with Crippen molar-refractivity contribution < 1.29 is 9.18 Å². The molecule has 1 N–H and O–H groups in total. The third-order valence-corrected chi connectivity index (χ3v) is 4.56. The van der Waals surface area contributed by atoms with Crippen LogP contribution in [-0.2, 0) is 0 Å². The van der Waals surface area contributed by atoms with Gasteiger partial charge in [-0.05, 0) is 48.9 Å². The zero-order valence-corrected chi connectivity index (χ0v) is 14.5. The Labute approximate surface area is 148 Å². The summed E-state index contributed by atoms with van der Waals surface area (Å²) in [5, 5.41) is 2.90. The number of hydrogen-bond acceptors (Lipinski definition) is 3. The Morgan fingerprint density at radius 2 is 1.80 bits per heavy atom. The van der Waals surface area contributed by atoms with Gasteiger partial charge in [0.2, 0.25) is 0 Å². The molecule has 25 heavy (non-hydrogen) atoms. The van der Waals surface area contributed by atoms with Gasteiger partial charge in [0.05, 0.1) is 0 Å². The Bertz CT molecular complexity index is 709.